The van der Waals surface area contributed by atoms with Crippen LogP contribution in [0.2, 0.25) is 5.02 Å². The molecule has 0 fully saturated rings. The average Bonchev–Trinajstić information content (AvgIpc) is 2.84. The zero-order valence-electron chi connectivity index (χ0n) is 9.00. The molecule has 0 atom stereocenters. The van der Waals surface area contributed by atoms with Gasteiger partial charge in [0.25, 0.3) is 0 Å². The van der Waals surface area contributed by atoms with Crippen LogP contribution in [0.15, 0.2) is 30.1 Å². The molecule has 19 heavy (non-hydrogen) atoms. The Balaban J connectivity index is 2.47. The van der Waals surface area contributed by atoms with Crippen LogP contribution < -0.4 is 0 Å². The van der Waals surface area contributed by atoms with Gasteiger partial charge >= 0.3 is 6.18 Å². The van der Waals surface area contributed by atoms with Gasteiger partial charge in [-0.2, -0.15) is 23.0 Å². The van der Waals surface area contributed by atoms with E-state index < -0.39 is 11.7 Å². The molecule has 0 unspecified atom stereocenters. The summed E-state index contributed by atoms with van der Waals surface area (Å²) in [6.07, 6.45) is -1.63. The van der Waals surface area contributed by atoms with Crippen molar-refractivity contribution < 1.29 is 18.4 Å². The van der Waals surface area contributed by atoms with Gasteiger partial charge in [-0.05, 0) is 6.07 Å². The summed E-state index contributed by atoms with van der Waals surface area (Å²) in [7, 11) is 0. The predicted molar refractivity (Wildman–Crippen MR) is 58.0 cm³/mol. The van der Waals surface area contributed by atoms with Crippen molar-refractivity contribution in [3.63, 3.8) is 0 Å². The Bertz CT molecular complexity index is 611. The molecule has 1 N–H and O–H groups in total. The van der Waals surface area contributed by atoms with Gasteiger partial charge in [-0.3, -0.25) is 4.98 Å². The molecule has 0 bridgehead atoms. The fraction of sp³-hybridized carbons (Fsp3) is 0.111. The second-order valence-corrected chi connectivity index (χ2v) is 3.72. The third kappa shape index (κ3) is 2.65. The molecular weight excluding hydrogens is 287 g/mol. The van der Waals surface area contributed by atoms with Crippen molar-refractivity contribution in [1.82, 2.24) is 19.7 Å². The molecule has 2 aromatic heterocycles. The number of pyridine rings is 1. The van der Waals surface area contributed by atoms with E-state index in [1.54, 1.807) is 0 Å². The summed E-state index contributed by atoms with van der Waals surface area (Å²) in [6, 6.07) is 0.687. The number of hydrogen-bond acceptors (Lipinski definition) is 5. The minimum atomic E-state index is -4.56. The van der Waals surface area contributed by atoms with Crippen LogP contribution in [0.5, 0.6) is 0 Å². The summed E-state index contributed by atoms with van der Waals surface area (Å²) in [6.45, 7) is 0. The molecule has 0 aliphatic rings. The standard InChI is InChI=1S/C9H5ClF3N5O/c10-6-1-5(9(11,12)13)2-15-7(6)8(17-19)18-4-14-3-16-18/h1-4,19H/b17-8-. The van der Waals surface area contributed by atoms with Gasteiger partial charge in [-0.15, -0.1) is 0 Å². The van der Waals surface area contributed by atoms with E-state index in [0.29, 0.717) is 12.3 Å². The first-order chi connectivity index (χ1) is 8.93. The third-order valence-corrected chi connectivity index (χ3v) is 2.40. The number of hydrogen-bond donors (Lipinski definition) is 1. The van der Waals surface area contributed by atoms with Crippen LogP contribution in [0.25, 0.3) is 0 Å². The van der Waals surface area contributed by atoms with E-state index in [1.165, 1.54) is 6.33 Å². The molecule has 0 spiro atoms. The Labute approximate surface area is 109 Å². The predicted octanol–water partition coefficient (Wildman–Crippen LogP) is 2.03. The van der Waals surface area contributed by atoms with Gasteiger partial charge < -0.3 is 5.21 Å². The lowest BCUT2D eigenvalue weighted by molar-refractivity contribution is -0.137. The highest BCUT2D eigenvalue weighted by Crippen LogP contribution is 2.31. The van der Waals surface area contributed by atoms with Gasteiger partial charge in [0.15, 0.2) is 0 Å². The van der Waals surface area contributed by atoms with Gasteiger partial charge in [-0.25, -0.2) is 4.98 Å². The maximum Gasteiger partial charge on any atom is 0.417 e. The number of nitrogens with zero attached hydrogens (tertiary/aromatic N) is 5. The molecule has 0 radical (unpaired) electrons. The molecule has 0 saturated heterocycles. The second-order valence-electron chi connectivity index (χ2n) is 3.32. The molecule has 0 aromatic carbocycles. The number of oxime groups is 1. The summed E-state index contributed by atoms with van der Waals surface area (Å²) < 4.78 is 38.4. The lowest BCUT2D eigenvalue weighted by Gasteiger charge is -2.09. The van der Waals surface area contributed by atoms with Crippen molar-refractivity contribution in [2.75, 3.05) is 0 Å². The van der Waals surface area contributed by atoms with Gasteiger partial charge in [0, 0.05) is 6.20 Å². The van der Waals surface area contributed by atoms with Crippen LogP contribution in [0.3, 0.4) is 0 Å². The number of alkyl halides is 3. The molecule has 6 nitrogen and oxygen atoms in total. The topological polar surface area (TPSA) is 76.2 Å². The van der Waals surface area contributed by atoms with Crippen molar-refractivity contribution in [2.24, 2.45) is 5.16 Å². The highest BCUT2D eigenvalue weighted by Gasteiger charge is 2.32. The lowest BCUT2D eigenvalue weighted by atomic mass is 10.2. The second kappa shape index (κ2) is 4.84. The molecule has 2 heterocycles. The lowest BCUT2D eigenvalue weighted by Crippen LogP contribution is -2.17. The van der Waals surface area contributed by atoms with Crippen molar-refractivity contribution in [1.29, 1.82) is 0 Å². The third-order valence-electron chi connectivity index (χ3n) is 2.11. The Kier molecular flexibility index (Phi) is 3.38. The molecule has 10 heteroatoms. The summed E-state index contributed by atoms with van der Waals surface area (Å²) >= 11 is 5.71. The van der Waals surface area contributed by atoms with Gasteiger partial charge in [-0.1, -0.05) is 16.8 Å². The summed E-state index contributed by atoms with van der Waals surface area (Å²) in [4.78, 5) is 7.15. The Morgan fingerprint density at radius 1 is 1.42 bits per heavy atom. The van der Waals surface area contributed by atoms with Gasteiger partial charge in [0.05, 0.1) is 10.6 Å². The highest BCUT2D eigenvalue weighted by atomic mass is 35.5. The van der Waals surface area contributed by atoms with Crippen LogP contribution in [0.1, 0.15) is 11.3 Å². The van der Waals surface area contributed by atoms with E-state index in [0.717, 1.165) is 11.0 Å². The summed E-state index contributed by atoms with van der Waals surface area (Å²) in [5, 5.41) is 15.1. The molecule has 2 rings (SSSR count). The van der Waals surface area contributed by atoms with Crippen LogP contribution in [0, 0.1) is 0 Å². The fourth-order valence-electron chi connectivity index (χ4n) is 1.28. The SMILES string of the molecule is O/N=C(/c1ncc(C(F)(F)F)cc1Cl)n1cncn1. The minimum Gasteiger partial charge on any atom is -0.409 e. The highest BCUT2D eigenvalue weighted by molar-refractivity contribution is 6.33. The largest absolute Gasteiger partial charge is 0.417 e. The quantitative estimate of drug-likeness (QED) is 0.377. The van der Waals surface area contributed by atoms with Crippen LogP contribution in [-0.4, -0.2) is 30.8 Å². The average molecular weight is 292 g/mol. The van der Waals surface area contributed by atoms with E-state index in [2.05, 4.69) is 20.2 Å². The van der Waals surface area contributed by atoms with E-state index in [4.69, 9.17) is 16.8 Å². The molecule has 0 amide bonds. The van der Waals surface area contributed by atoms with Crippen molar-refractivity contribution in [3.8, 4) is 0 Å². The van der Waals surface area contributed by atoms with Crippen molar-refractivity contribution in [2.45, 2.75) is 6.18 Å². The van der Waals surface area contributed by atoms with Gasteiger partial charge in [0.1, 0.15) is 18.3 Å². The van der Waals surface area contributed by atoms with Crippen LogP contribution >= 0.6 is 11.6 Å². The Hall–Kier alpha value is -2.16. The minimum absolute atomic E-state index is 0.150. The Morgan fingerprint density at radius 2 is 2.16 bits per heavy atom. The van der Waals surface area contributed by atoms with E-state index in [9.17, 15) is 13.2 Å². The normalized spacial score (nSPS) is 12.7. The zero-order valence-corrected chi connectivity index (χ0v) is 9.76. The molecular formula is C9H5ClF3N5O. The fourth-order valence-corrected chi connectivity index (χ4v) is 1.53. The van der Waals surface area contributed by atoms with Crippen LogP contribution in [-0.2, 0) is 6.18 Å². The molecule has 100 valence electrons. The summed E-state index contributed by atoms with van der Waals surface area (Å²) in [5.74, 6) is -0.240. The summed E-state index contributed by atoms with van der Waals surface area (Å²) in [5.41, 5.74) is -1.15. The Morgan fingerprint density at radius 3 is 2.63 bits per heavy atom. The van der Waals surface area contributed by atoms with Crippen molar-refractivity contribution in [3.05, 3.63) is 41.2 Å². The van der Waals surface area contributed by atoms with Crippen LogP contribution in [0.4, 0.5) is 13.2 Å². The first kappa shape index (κ1) is 13.3. The molecule has 0 aliphatic heterocycles. The molecule has 0 saturated carbocycles. The van der Waals surface area contributed by atoms with E-state index in [-0.39, 0.29) is 16.6 Å². The smallest absolute Gasteiger partial charge is 0.409 e. The van der Waals surface area contributed by atoms with E-state index >= 15 is 0 Å². The molecule has 2 aromatic rings. The van der Waals surface area contributed by atoms with Gasteiger partial charge in [0.2, 0.25) is 5.84 Å². The monoisotopic (exact) mass is 291 g/mol. The first-order valence-corrected chi connectivity index (χ1v) is 5.11. The van der Waals surface area contributed by atoms with E-state index in [1.807, 2.05) is 0 Å². The first-order valence-electron chi connectivity index (χ1n) is 4.73. The number of halogens is 4. The maximum atomic E-state index is 12.5. The van der Waals surface area contributed by atoms with Crippen molar-refractivity contribution >= 4 is 17.4 Å². The zero-order chi connectivity index (χ0) is 14.0. The molecule has 0 aliphatic carbocycles. The number of rotatable bonds is 1. The maximum absolute atomic E-state index is 12.5. The number of aromatic nitrogens is 4.